The van der Waals surface area contributed by atoms with E-state index in [9.17, 15) is 5.11 Å². The zero-order chi connectivity index (χ0) is 9.07. The van der Waals surface area contributed by atoms with Gasteiger partial charge in [-0.2, -0.15) is 0 Å². The zero-order valence-electron chi connectivity index (χ0n) is 8.18. The van der Waals surface area contributed by atoms with Crippen molar-refractivity contribution in [1.82, 2.24) is 0 Å². The maximum absolute atomic E-state index is 10.1. The third-order valence-electron chi connectivity index (χ3n) is 1.99. The molecule has 0 aliphatic rings. The van der Waals surface area contributed by atoms with Crippen molar-refractivity contribution in [1.29, 1.82) is 0 Å². The van der Waals surface area contributed by atoms with Gasteiger partial charge in [0, 0.05) is 13.7 Å². The number of ether oxygens (including phenoxy) is 1. The van der Waals surface area contributed by atoms with E-state index in [0.29, 0.717) is 0 Å². The van der Waals surface area contributed by atoms with Crippen molar-refractivity contribution in [3.63, 3.8) is 0 Å². The van der Waals surface area contributed by atoms with Crippen molar-refractivity contribution < 1.29 is 9.84 Å². The molecular formula is C10H21O2. The maximum atomic E-state index is 10.1. The van der Waals surface area contributed by atoms with Crippen LogP contribution in [0.2, 0.25) is 0 Å². The third-order valence-corrected chi connectivity index (χ3v) is 1.99. The minimum Gasteiger partial charge on any atom is -0.385 e. The van der Waals surface area contributed by atoms with Crippen LogP contribution in [0.4, 0.5) is 0 Å². The van der Waals surface area contributed by atoms with Crippen molar-refractivity contribution in [2.45, 2.75) is 44.9 Å². The van der Waals surface area contributed by atoms with E-state index < -0.39 is 0 Å². The molecule has 0 aliphatic carbocycles. The zero-order valence-corrected chi connectivity index (χ0v) is 8.18. The molecule has 73 valence electrons. The van der Waals surface area contributed by atoms with E-state index in [0.717, 1.165) is 19.4 Å². The van der Waals surface area contributed by atoms with E-state index in [1.165, 1.54) is 32.1 Å². The Hall–Kier alpha value is -0.0800. The second-order valence-corrected chi connectivity index (χ2v) is 3.17. The van der Waals surface area contributed by atoms with Gasteiger partial charge in [-0.25, -0.2) is 5.11 Å². The Morgan fingerprint density at radius 2 is 1.33 bits per heavy atom. The lowest BCUT2D eigenvalue weighted by Gasteiger charge is -1.99. The largest absolute Gasteiger partial charge is 0.385 e. The third kappa shape index (κ3) is 9.92. The maximum Gasteiger partial charge on any atom is 0.0822 e. The first-order chi connectivity index (χ1) is 5.91. The molecule has 0 N–H and O–H groups in total. The molecule has 0 fully saturated rings. The van der Waals surface area contributed by atoms with Crippen LogP contribution < -0.4 is 0 Å². The second kappa shape index (κ2) is 10.9. The number of rotatable bonds is 9. The lowest BCUT2D eigenvalue weighted by atomic mass is 10.1. The average Bonchev–Trinajstić information content (AvgIpc) is 2.10. The molecule has 2 heteroatoms. The SMILES string of the molecule is COCCCCCCCCC[O]. The van der Waals surface area contributed by atoms with Gasteiger partial charge in [0.25, 0.3) is 0 Å². The van der Waals surface area contributed by atoms with Crippen molar-refractivity contribution in [2.24, 2.45) is 0 Å². The highest BCUT2D eigenvalue weighted by Gasteiger charge is 1.90. The molecule has 0 saturated heterocycles. The molecule has 0 heterocycles. The molecule has 0 saturated carbocycles. The van der Waals surface area contributed by atoms with Gasteiger partial charge < -0.3 is 4.74 Å². The van der Waals surface area contributed by atoms with Crippen LogP contribution in [0, 0.1) is 0 Å². The second-order valence-electron chi connectivity index (χ2n) is 3.17. The summed E-state index contributed by atoms with van der Waals surface area (Å²) in [6.45, 7) is 0.990. The predicted octanol–water partition coefficient (Wildman–Crippen LogP) is 2.79. The molecule has 0 aromatic heterocycles. The molecule has 0 bridgehead atoms. The smallest absolute Gasteiger partial charge is 0.0822 e. The number of unbranched alkanes of at least 4 members (excludes halogenated alkanes) is 6. The lowest BCUT2D eigenvalue weighted by Crippen LogP contribution is -1.88. The van der Waals surface area contributed by atoms with E-state index in [2.05, 4.69) is 0 Å². The average molecular weight is 173 g/mol. The van der Waals surface area contributed by atoms with E-state index >= 15 is 0 Å². The fraction of sp³-hybridized carbons (Fsp3) is 1.00. The van der Waals surface area contributed by atoms with Gasteiger partial charge in [0.2, 0.25) is 0 Å². The normalized spacial score (nSPS) is 10.5. The predicted molar refractivity (Wildman–Crippen MR) is 49.7 cm³/mol. The van der Waals surface area contributed by atoms with Crippen LogP contribution in [-0.2, 0) is 9.84 Å². The van der Waals surface area contributed by atoms with Gasteiger partial charge >= 0.3 is 0 Å². The molecule has 0 amide bonds. The Balaban J connectivity index is 2.73. The standard InChI is InChI=1S/C10H21O2/c1-12-10-8-6-4-2-3-5-7-9-11/h2-10H2,1H3. The van der Waals surface area contributed by atoms with E-state index in [4.69, 9.17) is 4.74 Å². The summed E-state index contributed by atoms with van der Waals surface area (Å²) in [5.41, 5.74) is 0. The lowest BCUT2D eigenvalue weighted by molar-refractivity contribution is 0.185. The summed E-state index contributed by atoms with van der Waals surface area (Å²) in [5.74, 6) is 0. The van der Waals surface area contributed by atoms with Crippen molar-refractivity contribution >= 4 is 0 Å². The van der Waals surface area contributed by atoms with Crippen LogP contribution in [0.5, 0.6) is 0 Å². The minimum atomic E-state index is 0.101. The van der Waals surface area contributed by atoms with Crippen molar-refractivity contribution in [2.75, 3.05) is 20.3 Å². The van der Waals surface area contributed by atoms with E-state index in [1.807, 2.05) is 0 Å². The van der Waals surface area contributed by atoms with Crippen molar-refractivity contribution in [3.05, 3.63) is 0 Å². The molecule has 12 heavy (non-hydrogen) atoms. The van der Waals surface area contributed by atoms with Gasteiger partial charge in [0.05, 0.1) is 6.61 Å². The highest BCUT2D eigenvalue weighted by atomic mass is 16.5. The van der Waals surface area contributed by atoms with Crippen LogP contribution in [-0.4, -0.2) is 20.3 Å². The molecule has 0 spiro atoms. The summed E-state index contributed by atoms with van der Waals surface area (Å²) in [7, 11) is 1.74. The topological polar surface area (TPSA) is 29.1 Å². The van der Waals surface area contributed by atoms with Gasteiger partial charge in [-0.15, -0.1) is 0 Å². The van der Waals surface area contributed by atoms with E-state index in [-0.39, 0.29) is 6.61 Å². The molecule has 0 rings (SSSR count). The van der Waals surface area contributed by atoms with Gasteiger partial charge in [-0.05, 0) is 12.8 Å². The number of methoxy groups -OCH3 is 1. The summed E-state index contributed by atoms with van der Waals surface area (Å²) >= 11 is 0. The molecular weight excluding hydrogens is 152 g/mol. The van der Waals surface area contributed by atoms with Crippen LogP contribution in [0.3, 0.4) is 0 Å². The fourth-order valence-electron chi connectivity index (χ4n) is 1.23. The van der Waals surface area contributed by atoms with Gasteiger partial charge in [-0.3, -0.25) is 0 Å². The Morgan fingerprint density at radius 3 is 1.83 bits per heavy atom. The van der Waals surface area contributed by atoms with Gasteiger partial charge in [0.15, 0.2) is 0 Å². The first-order valence-corrected chi connectivity index (χ1v) is 4.99. The van der Waals surface area contributed by atoms with E-state index in [1.54, 1.807) is 7.11 Å². The number of hydrogen-bond donors (Lipinski definition) is 0. The first-order valence-electron chi connectivity index (χ1n) is 4.99. The Bertz CT molecular complexity index is 64.2. The molecule has 0 atom stereocenters. The molecule has 0 aromatic carbocycles. The molecule has 2 nitrogen and oxygen atoms in total. The first kappa shape index (κ1) is 11.9. The van der Waals surface area contributed by atoms with Crippen LogP contribution in [0.15, 0.2) is 0 Å². The van der Waals surface area contributed by atoms with Crippen LogP contribution >= 0.6 is 0 Å². The number of hydrogen-bond acceptors (Lipinski definition) is 1. The van der Waals surface area contributed by atoms with Crippen molar-refractivity contribution in [3.8, 4) is 0 Å². The Labute approximate surface area is 75.9 Å². The fourth-order valence-corrected chi connectivity index (χ4v) is 1.23. The van der Waals surface area contributed by atoms with Gasteiger partial charge in [0.1, 0.15) is 0 Å². The Morgan fingerprint density at radius 1 is 0.833 bits per heavy atom. The summed E-state index contributed by atoms with van der Waals surface area (Å²) in [4.78, 5) is 0. The van der Waals surface area contributed by atoms with Crippen LogP contribution in [0.1, 0.15) is 44.9 Å². The molecule has 0 aromatic rings. The molecule has 0 aliphatic heterocycles. The highest BCUT2D eigenvalue weighted by Crippen LogP contribution is 2.06. The quantitative estimate of drug-likeness (QED) is 0.493. The monoisotopic (exact) mass is 173 g/mol. The van der Waals surface area contributed by atoms with Crippen LogP contribution in [0.25, 0.3) is 0 Å². The highest BCUT2D eigenvalue weighted by molar-refractivity contribution is 4.45. The molecule has 1 radical (unpaired) electrons. The Kier molecular flexibility index (Phi) is 10.8. The summed E-state index contributed by atoms with van der Waals surface area (Å²) in [5, 5.41) is 10.1. The summed E-state index contributed by atoms with van der Waals surface area (Å²) < 4.78 is 4.95. The van der Waals surface area contributed by atoms with Gasteiger partial charge in [-0.1, -0.05) is 32.1 Å². The molecule has 0 unspecified atom stereocenters. The summed E-state index contributed by atoms with van der Waals surface area (Å²) in [6.07, 6.45) is 8.23. The summed E-state index contributed by atoms with van der Waals surface area (Å²) in [6, 6.07) is 0. The minimum absolute atomic E-state index is 0.101.